The van der Waals surface area contributed by atoms with Crippen molar-refractivity contribution in [2.75, 3.05) is 32.0 Å². The molecule has 0 aliphatic heterocycles. The van der Waals surface area contributed by atoms with Crippen molar-refractivity contribution in [3.63, 3.8) is 0 Å². The van der Waals surface area contributed by atoms with Crippen molar-refractivity contribution in [1.29, 1.82) is 0 Å². The van der Waals surface area contributed by atoms with E-state index in [0.717, 1.165) is 12.1 Å². The van der Waals surface area contributed by atoms with E-state index in [1.807, 2.05) is 0 Å². The average Bonchev–Trinajstić information content (AvgIpc) is 2.45. The van der Waals surface area contributed by atoms with Crippen LogP contribution >= 0.6 is 11.6 Å². The Morgan fingerprint density at radius 2 is 1.92 bits per heavy atom. The minimum Gasteiger partial charge on any atom is -0.352 e. The normalized spacial score (nSPS) is 11.2. The second kappa shape index (κ2) is 8.70. The van der Waals surface area contributed by atoms with Crippen molar-refractivity contribution in [3.8, 4) is 0 Å². The fourth-order valence-electron chi connectivity index (χ4n) is 1.81. The number of hydrogen-bond donors (Lipinski definition) is 2. The van der Waals surface area contributed by atoms with E-state index in [-0.39, 0.29) is 24.7 Å². The van der Waals surface area contributed by atoms with Gasteiger partial charge in [-0.3, -0.25) is 14.5 Å². The Hall–Kier alpha value is -2.06. The van der Waals surface area contributed by atoms with Gasteiger partial charge in [-0.15, -0.1) is 6.58 Å². The third-order valence-corrected chi connectivity index (χ3v) is 3.16. The van der Waals surface area contributed by atoms with Crippen LogP contribution in [0.1, 0.15) is 5.56 Å². The van der Waals surface area contributed by atoms with Crippen LogP contribution in [0.5, 0.6) is 0 Å². The van der Waals surface area contributed by atoms with Crippen LogP contribution in [0, 0.1) is 0 Å². The van der Waals surface area contributed by atoms with Crippen LogP contribution in [0.25, 0.3) is 0 Å². The number of halogens is 4. The topological polar surface area (TPSA) is 61.4 Å². The number of carbonyl (C=O) groups is 2. The largest absolute Gasteiger partial charge is 0.417 e. The molecule has 0 atom stereocenters. The summed E-state index contributed by atoms with van der Waals surface area (Å²) in [6.45, 7) is 3.57. The molecule has 0 fully saturated rings. The first-order valence-electron chi connectivity index (χ1n) is 6.86. The second-order valence-electron chi connectivity index (χ2n) is 5.01. The second-order valence-corrected chi connectivity index (χ2v) is 5.41. The molecule has 0 bridgehead atoms. The average molecular weight is 364 g/mol. The first-order valence-corrected chi connectivity index (χ1v) is 7.24. The van der Waals surface area contributed by atoms with Crippen LogP contribution in [-0.2, 0) is 15.8 Å². The molecule has 1 rings (SSSR count). The number of hydrogen-bond acceptors (Lipinski definition) is 3. The smallest absolute Gasteiger partial charge is 0.352 e. The molecule has 2 amide bonds. The number of anilines is 1. The molecule has 0 saturated carbocycles. The van der Waals surface area contributed by atoms with Gasteiger partial charge in [0.2, 0.25) is 11.8 Å². The number of benzene rings is 1. The molecule has 5 nitrogen and oxygen atoms in total. The molecule has 0 aromatic heterocycles. The molecular formula is C15H17ClF3N3O2. The lowest BCUT2D eigenvalue weighted by Gasteiger charge is -2.16. The van der Waals surface area contributed by atoms with Crippen molar-refractivity contribution in [2.45, 2.75) is 6.18 Å². The highest BCUT2D eigenvalue weighted by molar-refractivity contribution is 6.31. The maximum Gasteiger partial charge on any atom is 0.417 e. The van der Waals surface area contributed by atoms with Gasteiger partial charge in [-0.2, -0.15) is 13.2 Å². The lowest BCUT2D eigenvalue weighted by atomic mass is 10.2. The van der Waals surface area contributed by atoms with E-state index in [1.165, 1.54) is 24.1 Å². The van der Waals surface area contributed by atoms with Gasteiger partial charge in [-0.25, -0.2) is 0 Å². The number of alkyl halides is 3. The summed E-state index contributed by atoms with van der Waals surface area (Å²) in [5.41, 5.74) is -1.06. The number of carbonyl (C=O) groups excluding carboxylic acids is 2. The fourth-order valence-corrected chi connectivity index (χ4v) is 2.03. The van der Waals surface area contributed by atoms with Gasteiger partial charge in [0.15, 0.2) is 0 Å². The lowest BCUT2D eigenvalue weighted by Crippen LogP contribution is -2.39. The molecule has 0 aliphatic carbocycles. The van der Waals surface area contributed by atoms with Crippen LogP contribution < -0.4 is 10.6 Å². The molecular weight excluding hydrogens is 347 g/mol. The maximum absolute atomic E-state index is 12.8. The molecule has 0 unspecified atom stereocenters. The Labute approximate surface area is 142 Å². The van der Waals surface area contributed by atoms with E-state index in [4.69, 9.17) is 11.6 Å². The fraction of sp³-hybridized carbons (Fsp3) is 0.333. The zero-order chi connectivity index (χ0) is 18.3. The van der Waals surface area contributed by atoms with Crippen molar-refractivity contribution in [3.05, 3.63) is 41.4 Å². The molecule has 0 radical (unpaired) electrons. The zero-order valence-corrected chi connectivity index (χ0v) is 13.7. The molecule has 0 aliphatic rings. The molecule has 0 heterocycles. The molecule has 1 aromatic carbocycles. The monoisotopic (exact) mass is 363 g/mol. The number of likely N-dealkylation sites (N-methyl/N-ethyl adjacent to an activating group) is 1. The van der Waals surface area contributed by atoms with Crippen molar-refractivity contribution < 1.29 is 22.8 Å². The van der Waals surface area contributed by atoms with E-state index in [1.54, 1.807) is 0 Å². The van der Waals surface area contributed by atoms with Crippen molar-refractivity contribution >= 4 is 29.1 Å². The summed E-state index contributed by atoms with van der Waals surface area (Å²) in [6, 6.07) is 3.09. The Balaban J connectivity index is 2.62. The predicted octanol–water partition coefficient (Wildman–Crippen LogP) is 2.53. The third-order valence-electron chi connectivity index (χ3n) is 2.83. The summed E-state index contributed by atoms with van der Waals surface area (Å²) in [6.07, 6.45) is -3.10. The summed E-state index contributed by atoms with van der Waals surface area (Å²) in [4.78, 5) is 24.7. The number of nitrogens with one attached hydrogen (secondary N) is 2. The number of rotatable bonds is 7. The van der Waals surface area contributed by atoms with Crippen LogP contribution in [0.15, 0.2) is 30.9 Å². The first-order chi connectivity index (χ1) is 11.1. The SMILES string of the molecule is C=CCNC(=O)CN(C)CC(=O)Nc1ccc(Cl)c(C(F)(F)F)c1. The van der Waals surface area contributed by atoms with Crippen LogP contribution in [0.2, 0.25) is 5.02 Å². The van der Waals surface area contributed by atoms with Crippen LogP contribution in [-0.4, -0.2) is 43.4 Å². The van der Waals surface area contributed by atoms with Gasteiger partial charge in [0.25, 0.3) is 0 Å². The standard InChI is InChI=1S/C15H17ClF3N3O2/c1-3-6-20-13(23)8-22(2)9-14(24)21-10-4-5-12(16)11(7-10)15(17,18)19/h3-5,7H,1,6,8-9H2,2H3,(H,20,23)(H,21,24). The molecule has 0 spiro atoms. The third kappa shape index (κ3) is 6.59. The van der Waals surface area contributed by atoms with E-state index < -0.39 is 22.7 Å². The number of amides is 2. The minimum atomic E-state index is -4.61. The van der Waals surface area contributed by atoms with Gasteiger partial charge >= 0.3 is 6.18 Å². The zero-order valence-electron chi connectivity index (χ0n) is 12.9. The quantitative estimate of drug-likeness (QED) is 0.732. The summed E-state index contributed by atoms with van der Waals surface area (Å²) < 4.78 is 38.3. The minimum absolute atomic E-state index is 0.0266. The molecule has 132 valence electrons. The predicted molar refractivity (Wildman–Crippen MR) is 85.8 cm³/mol. The summed E-state index contributed by atoms with van der Waals surface area (Å²) >= 11 is 5.51. The van der Waals surface area contributed by atoms with Crippen LogP contribution in [0.3, 0.4) is 0 Å². The lowest BCUT2D eigenvalue weighted by molar-refractivity contribution is -0.137. The van der Waals surface area contributed by atoms with Gasteiger partial charge < -0.3 is 10.6 Å². The summed E-state index contributed by atoms with van der Waals surface area (Å²) in [5, 5.41) is 4.44. The van der Waals surface area contributed by atoms with E-state index in [2.05, 4.69) is 17.2 Å². The first kappa shape index (κ1) is 20.0. The van der Waals surface area contributed by atoms with Gasteiger partial charge in [-0.05, 0) is 25.2 Å². The van der Waals surface area contributed by atoms with Gasteiger partial charge in [0, 0.05) is 12.2 Å². The highest BCUT2D eigenvalue weighted by atomic mass is 35.5. The van der Waals surface area contributed by atoms with Gasteiger partial charge in [-0.1, -0.05) is 17.7 Å². The molecule has 9 heteroatoms. The maximum atomic E-state index is 12.8. The Morgan fingerprint density at radius 3 is 2.50 bits per heavy atom. The summed E-state index contributed by atoms with van der Waals surface area (Å²) in [5.74, 6) is -0.847. The molecule has 1 aromatic rings. The van der Waals surface area contributed by atoms with Gasteiger partial charge in [0.05, 0.1) is 23.7 Å². The van der Waals surface area contributed by atoms with Crippen molar-refractivity contribution in [2.24, 2.45) is 0 Å². The highest BCUT2D eigenvalue weighted by Gasteiger charge is 2.33. The van der Waals surface area contributed by atoms with E-state index in [0.29, 0.717) is 6.54 Å². The molecule has 2 N–H and O–H groups in total. The van der Waals surface area contributed by atoms with Gasteiger partial charge in [0.1, 0.15) is 0 Å². The van der Waals surface area contributed by atoms with Crippen molar-refractivity contribution in [1.82, 2.24) is 10.2 Å². The highest BCUT2D eigenvalue weighted by Crippen LogP contribution is 2.36. The number of nitrogens with zero attached hydrogens (tertiary/aromatic N) is 1. The molecule has 0 saturated heterocycles. The van der Waals surface area contributed by atoms with Crippen LogP contribution in [0.4, 0.5) is 18.9 Å². The van der Waals surface area contributed by atoms with E-state index in [9.17, 15) is 22.8 Å². The van der Waals surface area contributed by atoms with E-state index >= 15 is 0 Å². The summed E-state index contributed by atoms with van der Waals surface area (Å²) in [7, 11) is 1.54. The Bertz CT molecular complexity index is 620. The Morgan fingerprint density at radius 1 is 1.29 bits per heavy atom. The Kier molecular flexibility index (Phi) is 7.24. The molecule has 24 heavy (non-hydrogen) atoms.